The van der Waals surface area contributed by atoms with Crippen LogP contribution in [0.4, 0.5) is 10.1 Å². The van der Waals surface area contributed by atoms with Crippen molar-refractivity contribution in [1.82, 2.24) is 0 Å². The first-order valence-electron chi connectivity index (χ1n) is 7.01. The first-order valence-corrected chi connectivity index (χ1v) is 7.39. The van der Waals surface area contributed by atoms with Crippen molar-refractivity contribution in [3.63, 3.8) is 0 Å². The number of benzene rings is 2. The molecule has 24 heavy (non-hydrogen) atoms. The lowest BCUT2D eigenvalue weighted by Gasteiger charge is -2.08. The number of carbonyl (C=O) groups excluding carboxylic acids is 2. The molecular weight excluding hydrogens is 337 g/mol. The fraction of sp³-hybridized carbons (Fsp3) is 0.176. The Morgan fingerprint density at radius 2 is 2.00 bits per heavy atom. The van der Waals surface area contributed by atoms with Gasteiger partial charge in [0.2, 0.25) is 0 Å². The highest BCUT2D eigenvalue weighted by atomic mass is 35.5. The lowest BCUT2D eigenvalue weighted by atomic mass is 10.1. The minimum Gasteiger partial charge on any atom is -0.494 e. The Hall–Kier alpha value is -2.60. The molecule has 0 aliphatic rings. The van der Waals surface area contributed by atoms with Crippen molar-refractivity contribution in [3.05, 3.63) is 58.9 Å². The first-order chi connectivity index (χ1) is 11.5. The molecule has 126 valence electrons. The number of amides is 1. The van der Waals surface area contributed by atoms with Crippen LogP contribution in [0.15, 0.2) is 42.5 Å². The summed E-state index contributed by atoms with van der Waals surface area (Å²) in [5.74, 6) is -1.61. The molecule has 0 aliphatic carbocycles. The zero-order valence-electron chi connectivity index (χ0n) is 12.8. The van der Waals surface area contributed by atoms with E-state index < -0.39 is 24.3 Å². The third-order valence-electron chi connectivity index (χ3n) is 3.04. The Kier molecular flexibility index (Phi) is 6.14. The minimum absolute atomic E-state index is 0.0908. The van der Waals surface area contributed by atoms with Gasteiger partial charge >= 0.3 is 5.97 Å². The quantitative estimate of drug-likeness (QED) is 0.812. The third-order valence-corrected chi connectivity index (χ3v) is 3.27. The monoisotopic (exact) mass is 351 g/mol. The molecule has 1 amide bonds. The summed E-state index contributed by atoms with van der Waals surface area (Å²) in [5, 5.41) is 3.03. The molecule has 2 rings (SSSR count). The molecule has 2 aromatic carbocycles. The number of hydrogen-bond donors (Lipinski definition) is 1. The molecule has 0 aromatic heterocycles. The van der Waals surface area contributed by atoms with Crippen LogP contribution in [0.5, 0.6) is 5.75 Å². The van der Waals surface area contributed by atoms with E-state index in [9.17, 15) is 14.0 Å². The Balaban J connectivity index is 1.82. The van der Waals surface area contributed by atoms with Crippen molar-refractivity contribution in [2.24, 2.45) is 0 Å². The van der Waals surface area contributed by atoms with Gasteiger partial charge in [-0.15, -0.1) is 0 Å². The summed E-state index contributed by atoms with van der Waals surface area (Å²) >= 11 is 5.80. The van der Waals surface area contributed by atoms with Gasteiger partial charge in [0, 0.05) is 10.7 Å². The van der Waals surface area contributed by atoms with Crippen LogP contribution in [0.3, 0.4) is 0 Å². The van der Waals surface area contributed by atoms with Gasteiger partial charge in [0.1, 0.15) is 0 Å². The van der Waals surface area contributed by atoms with Crippen molar-refractivity contribution < 1.29 is 23.5 Å². The van der Waals surface area contributed by atoms with Gasteiger partial charge in [-0.2, -0.15) is 0 Å². The molecule has 0 aliphatic heterocycles. The molecular formula is C17H15ClFNO4. The zero-order chi connectivity index (χ0) is 17.5. The van der Waals surface area contributed by atoms with Crippen LogP contribution < -0.4 is 10.1 Å². The van der Waals surface area contributed by atoms with E-state index in [0.717, 1.165) is 0 Å². The van der Waals surface area contributed by atoms with E-state index in [2.05, 4.69) is 5.32 Å². The molecule has 0 saturated carbocycles. The lowest BCUT2D eigenvalue weighted by molar-refractivity contribution is -0.146. The van der Waals surface area contributed by atoms with Gasteiger partial charge in [-0.25, -0.2) is 4.39 Å². The van der Waals surface area contributed by atoms with Gasteiger partial charge in [-0.05, 0) is 35.9 Å². The van der Waals surface area contributed by atoms with Crippen LogP contribution in [-0.4, -0.2) is 25.6 Å². The topological polar surface area (TPSA) is 64.6 Å². The van der Waals surface area contributed by atoms with Crippen LogP contribution in [0.25, 0.3) is 0 Å². The standard InChI is InChI=1S/C17H15ClFNO4/c1-23-15-6-5-11(7-14(15)19)8-17(22)24-10-16(21)20-13-4-2-3-12(18)9-13/h2-7,9H,8,10H2,1H3,(H,20,21). The van der Waals surface area contributed by atoms with E-state index in [1.807, 2.05) is 0 Å². The second kappa shape index (κ2) is 8.31. The number of methoxy groups -OCH3 is 1. The van der Waals surface area contributed by atoms with E-state index >= 15 is 0 Å². The molecule has 1 N–H and O–H groups in total. The van der Waals surface area contributed by atoms with Crippen LogP contribution in [-0.2, 0) is 20.7 Å². The number of esters is 1. The normalized spacial score (nSPS) is 10.1. The highest BCUT2D eigenvalue weighted by molar-refractivity contribution is 6.30. The van der Waals surface area contributed by atoms with E-state index in [1.54, 1.807) is 30.3 Å². The van der Waals surface area contributed by atoms with E-state index in [0.29, 0.717) is 16.3 Å². The number of rotatable bonds is 6. The highest BCUT2D eigenvalue weighted by Gasteiger charge is 2.11. The average molecular weight is 352 g/mol. The van der Waals surface area contributed by atoms with E-state index in [1.165, 1.54) is 19.2 Å². The fourth-order valence-corrected chi connectivity index (χ4v) is 2.14. The number of ether oxygens (including phenoxy) is 2. The van der Waals surface area contributed by atoms with Crippen molar-refractivity contribution in [1.29, 1.82) is 0 Å². The van der Waals surface area contributed by atoms with Crippen LogP contribution in [0.1, 0.15) is 5.56 Å². The molecule has 2 aromatic rings. The van der Waals surface area contributed by atoms with Crippen molar-refractivity contribution >= 4 is 29.2 Å². The van der Waals surface area contributed by atoms with Gasteiger partial charge in [0.05, 0.1) is 13.5 Å². The largest absolute Gasteiger partial charge is 0.494 e. The molecule has 0 radical (unpaired) electrons. The summed E-state index contributed by atoms with van der Waals surface area (Å²) in [6.07, 6.45) is -0.147. The van der Waals surface area contributed by atoms with Gasteiger partial charge in [0.15, 0.2) is 18.2 Å². The van der Waals surface area contributed by atoms with Gasteiger partial charge in [-0.1, -0.05) is 23.7 Å². The first kappa shape index (κ1) is 17.7. The highest BCUT2D eigenvalue weighted by Crippen LogP contribution is 2.18. The van der Waals surface area contributed by atoms with Crippen molar-refractivity contribution in [3.8, 4) is 5.75 Å². The molecule has 0 unspecified atom stereocenters. The molecule has 0 atom stereocenters. The molecule has 0 spiro atoms. The van der Waals surface area contributed by atoms with Crippen molar-refractivity contribution in [2.45, 2.75) is 6.42 Å². The number of halogens is 2. The summed E-state index contributed by atoms with van der Waals surface area (Å²) in [4.78, 5) is 23.4. The maximum atomic E-state index is 13.5. The summed E-state index contributed by atoms with van der Waals surface area (Å²) in [5.41, 5.74) is 0.925. The zero-order valence-corrected chi connectivity index (χ0v) is 13.6. The predicted octanol–water partition coefficient (Wildman–Crippen LogP) is 3.21. The van der Waals surface area contributed by atoms with Gasteiger partial charge < -0.3 is 14.8 Å². The smallest absolute Gasteiger partial charge is 0.310 e. The van der Waals surface area contributed by atoms with Crippen LogP contribution >= 0.6 is 11.6 Å². The van der Waals surface area contributed by atoms with Crippen molar-refractivity contribution in [2.75, 3.05) is 19.0 Å². The summed E-state index contributed by atoms with van der Waals surface area (Å²) in [7, 11) is 1.35. The number of anilines is 1. The Morgan fingerprint density at radius 3 is 2.67 bits per heavy atom. The van der Waals surface area contributed by atoms with E-state index in [-0.39, 0.29) is 12.2 Å². The third kappa shape index (κ3) is 5.24. The number of carbonyl (C=O) groups is 2. The number of nitrogens with one attached hydrogen (secondary N) is 1. The minimum atomic E-state index is -0.638. The summed E-state index contributed by atoms with van der Waals surface area (Å²) in [6, 6.07) is 10.7. The molecule has 5 nitrogen and oxygen atoms in total. The number of hydrogen-bond acceptors (Lipinski definition) is 4. The van der Waals surface area contributed by atoms with Gasteiger partial charge in [-0.3, -0.25) is 9.59 Å². The molecule has 0 bridgehead atoms. The molecule has 7 heteroatoms. The predicted molar refractivity (Wildman–Crippen MR) is 87.7 cm³/mol. The summed E-state index contributed by atoms with van der Waals surface area (Å²) in [6.45, 7) is -0.440. The maximum absolute atomic E-state index is 13.5. The Bertz CT molecular complexity index is 751. The van der Waals surface area contributed by atoms with E-state index in [4.69, 9.17) is 21.1 Å². The second-order valence-corrected chi connectivity index (χ2v) is 5.30. The SMILES string of the molecule is COc1ccc(CC(=O)OCC(=O)Nc2cccc(Cl)c2)cc1F. The maximum Gasteiger partial charge on any atom is 0.310 e. The fourth-order valence-electron chi connectivity index (χ4n) is 1.95. The summed E-state index contributed by atoms with van der Waals surface area (Å²) < 4.78 is 23.2. The van der Waals surface area contributed by atoms with Gasteiger partial charge in [0.25, 0.3) is 5.91 Å². The van der Waals surface area contributed by atoms with Crippen LogP contribution in [0.2, 0.25) is 5.02 Å². The average Bonchev–Trinajstić information content (AvgIpc) is 2.53. The molecule has 0 heterocycles. The second-order valence-electron chi connectivity index (χ2n) is 4.86. The molecule has 0 saturated heterocycles. The molecule has 0 fully saturated rings. The van der Waals surface area contributed by atoms with Crippen LogP contribution in [0, 0.1) is 5.82 Å². The Morgan fingerprint density at radius 1 is 1.21 bits per heavy atom. The Labute approximate surface area is 143 Å². The lowest BCUT2D eigenvalue weighted by Crippen LogP contribution is -2.21.